The lowest BCUT2D eigenvalue weighted by Crippen LogP contribution is -2.50. The second-order valence-corrected chi connectivity index (χ2v) is 7.46. The smallest absolute Gasteiger partial charge is 0.410 e. The van der Waals surface area contributed by atoms with Crippen molar-refractivity contribution in [3.63, 3.8) is 0 Å². The number of oxazole rings is 1. The van der Waals surface area contributed by atoms with E-state index in [0.29, 0.717) is 13.1 Å². The van der Waals surface area contributed by atoms with Crippen LogP contribution in [0.25, 0.3) is 6.08 Å². The molecule has 6 nitrogen and oxygen atoms in total. The Bertz CT molecular complexity index is 621. The molecule has 0 bridgehead atoms. The lowest BCUT2D eigenvalue weighted by Gasteiger charge is -2.34. The number of allylic oxidation sites excluding steroid dienone is 1. The second-order valence-electron chi connectivity index (χ2n) is 7.46. The molecule has 0 spiro atoms. The fraction of sp³-hybridized carbons (Fsp3) is 0.684. The molecule has 0 atom stereocenters. The molecule has 25 heavy (non-hydrogen) atoms. The van der Waals surface area contributed by atoms with Crippen LogP contribution >= 0.6 is 0 Å². The Morgan fingerprint density at radius 2 is 1.92 bits per heavy atom. The van der Waals surface area contributed by atoms with E-state index in [1.165, 1.54) is 0 Å². The molecular formula is C19H32N3O3+. The number of aryl methyl sites for hydroxylation is 1. The molecule has 1 amide bonds. The number of carbonyl (C=O) groups excluding carboxylic acids is 1. The maximum Gasteiger partial charge on any atom is 0.410 e. The van der Waals surface area contributed by atoms with Crippen molar-refractivity contribution in [2.75, 3.05) is 26.2 Å². The van der Waals surface area contributed by atoms with Crippen LogP contribution in [0.2, 0.25) is 0 Å². The standard InChI is InChI=1S/C19H32N3O3/c1-7-9-15-16(8-2)24-17(20(15)6)14-21-10-12-22(13-11-21)18(23)25-19(3,4)5/h7,9H,8,10-14H2,1-6H3/q+1. The summed E-state index contributed by atoms with van der Waals surface area (Å²) in [6, 6.07) is 0. The van der Waals surface area contributed by atoms with Gasteiger partial charge < -0.3 is 14.1 Å². The molecule has 0 saturated carbocycles. The summed E-state index contributed by atoms with van der Waals surface area (Å²) in [6.07, 6.45) is 4.78. The van der Waals surface area contributed by atoms with Crippen LogP contribution in [0.15, 0.2) is 10.5 Å². The third-order valence-electron chi connectivity index (χ3n) is 4.29. The van der Waals surface area contributed by atoms with Crippen molar-refractivity contribution < 1.29 is 18.5 Å². The maximum atomic E-state index is 12.1. The van der Waals surface area contributed by atoms with E-state index in [0.717, 1.165) is 43.4 Å². The average molecular weight is 350 g/mol. The van der Waals surface area contributed by atoms with E-state index in [-0.39, 0.29) is 6.09 Å². The summed E-state index contributed by atoms with van der Waals surface area (Å²) < 4.78 is 13.6. The minimum absolute atomic E-state index is 0.223. The highest BCUT2D eigenvalue weighted by atomic mass is 16.6. The number of hydrogen-bond donors (Lipinski definition) is 0. The molecule has 1 saturated heterocycles. The van der Waals surface area contributed by atoms with Crippen LogP contribution in [0.3, 0.4) is 0 Å². The summed E-state index contributed by atoms with van der Waals surface area (Å²) in [4.78, 5) is 16.2. The van der Waals surface area contributed by atoms with E-state index in [2.05, 4.69) is 22.5 Å². The van der Waals surface area contributed by atoms with Crippen LogP contribution < -0.4 is 4.57 Å². The van der Waals surface area contributed by atoms with Crippen LogP contribution in [0.5, 0.6) is 0 Å². The molecule has 0 aliphatic carbocycles. The molecule has 140 valence electrons. The van der Waals surface area contributed by atoms with E-state index >= 15 is 0 Å². The van der Waals surface area contributed by atoms with Crippen LogP contribution in [0, 0.1) is 0 Å². The molecule has 6 heteroatoms. The SMILES string of the molecule is CC=Cc1c(CC)oc(CN2CCN(C(=O)OC(C)(C)C)CC2)[n+]1C. The topological polar surface area (TPSA) is 49.8 Å². The summed E-state index contributed by atoms with van der Waals surface area (Å²) >= 11 is 0. The number of nitrogens with zero attached hydrogens (tertiary/aromatic N) is 3. The van der Waals surface area contributed by atoms with Crippen molar-refractivity contribution in [3.05, 3.63) is 23.4 Å². The first-order valence-electron chi connectivity index (χ1n) is 9.08. The predicted octanol–water partition coefficient (Wildman–Crippen LogP) is 2.75. The van der Waals surface area contributed by atoms with Crippen molar-refractivity contribution in [2.24, 2.45) is 7.05 Å². The number of ether oxygens (including phenoxy) is 1. The van der Waals surface area contributed by atoms with Crippen LogP contribution in [0.4, 0.5) is 4.79 Å². The Labute approximate surface area is 151 Å². The summed E-state index contributed by atoms with van der Waals surface area (Å²) in [5, 5.41) is 0. The third kappa shape index (κ3) is 5.08. The van der Waals surface area contributed by atoms with Gasteiger partial charge in [-0.15, -0.1) is 0 Å². The highest BCUT2D eigenvalue weighted by molar-refractivity contribution is 5.68. The van der Waals surface area contributed by atoms with Gasteiger partial charge in [0.2, 0.25) is 5.69 Å². The van der Waals surface area contributed by atoms with Gasteiger partial charge in [-0.2, -0.15) is 4.57 Å². The summed E-state index contributed by atoms with van der Waals surface area (Å²) in [5.41, 5.74) is 0.683. The van der Waals surface area contributed by atoms with Gasteiger partial charge in [-0.3, -0.25) is 4.90 Å². The lowest BCUT2D eigenvalue weighted by molar-refractivity contribution is -0.685. The van der Waals surface area contributed by atoms with Gasteiger partial charge >= 0.3 is 12.0 Å². The fourth-order valence-electron chi connectivity index (χ4n) is 2.94. The third-order valence-corrected chi connectivity index (χ3v) is 4.29. The lowest BCUT2D eigenvalue weighted by atomic mass is 10.2. The van der Waals surface area contributed by atoms with Crippen molar-refractivity contribution in [1.82, 2.24) is 9.80 Å². The number of piperazine rings is 1. The highest BCUT2D eigenvalue weighted by Crippen LogP contribution is 2.15. The Morgan fingerprint density at radius 3 is 2.44 bits per heavy atom. The Hall–Kier alpha value is -1.82. The summed E-state index contributed by atoms with van der Waals surface area (Å²) in [7, 11) is 2.05. The molecule has 0 radical (unpaired) electrons. The van der Waals surface area contributed by atoms with Gasteiger partial charge in [0.05, 0.1) is 0 Å². The van der Waals surface area contributed by atoms with E-state index in [1.807, 2.05) is 40.8 Å². The summed E-state index contributed by atoms with van der Waals surface area (Å²) in [5.74, 6) is 1.97. The van der Waals surface area contributed by atoms with Gasteiger partial charge in [0, 0.05) is 38.7 Å². The number of aromatic nitrogens is 1. The van der Waals surface area contributed by atoms with Gasteiger partial charge in [0.25, 0.3) is 0 Å². The van der Waals surface area contributed by atoms with E-state index in [1.54, 1.807) is 4.90 Å². The molecule has 1 aromatic heterocycles. The quantitative estimate of drug-likeness (QED) is 0.784. The number of amides is 1. The first-order chi connectivity index (χ1) is 11.7. The molecule has 2 rings (SSSR count). The Kier molecular flexibility index (Phi) is 6.27. The molecule has 2 heterocycles. The molecule has 0 N–H and O–H groups in total. The van der Waals surface area contributed by atoms with Gasteiger partial charge in [-0.05, 0) is 27.7 Å². The first kappa shape index (κ1) is 19.5. The zero-order valence-corrected chi connectivity index (χ0v) is 16.5. The Morgan fingerprint density at radius 1 is 1.28 bits per heavy atom. The fourth-order valence-corrected chi connectivity index (χ4v) is 2.94. The van der Waals surface area contributed by atoms with Crippen molar-refractivity contribution in [3.8, 4) is 0 Å². The van der Waals surface area contributed by atoms with Gasteiger partial charge in [0.15, 0.2) is 5.76 Å². The van der Waals surface area contributed by atoms with Gasteiger partial charge in [-0.1, -0.05) is 13.0 Å². The van der Waals surface area contributed by atoms with E-state index < -0.39 is 5.60 Å². The molecular weight excluding hydrogens is 318 g/mol. The maximum absolute atomic E-state index is 12.1. The summed E-state index contributed by atoms with van der Waals surface area (Å²) in [6.45, 7) is 13.6. The van der Waals surface area contributed by atoms with E-state index in [9.17, 15) is 4.79 Å². The molecule has 1 aliphatic heterocycles. The molecule has 0 unspecified atom stereocenters. The van der Waals surface area contributed by atoms with Crippen LogP contribution in [-0.4, -0.2) is 47.7 Å². The molecule has 1 aliphatic rings. The zero-order chi connectivity index (χ0) is 18.6. The Balaban J connectivity index is 1.95. The monoisotopic (exact) mass is 350 g/mol. The minimum atomic E-state index is -0.449. The minimum Gasteiger partial charge on any atom is -0.444 e. The molecule has 1 fully saturated rings. The van der Waals surface area contributed by atoms with Crippen molar-refractivity contribution in [1.29, 1.82) is 0 Å². The van der Waals surface area contributed by atoms with Crippen molar-refractivity contribution >= 4 is 12.2 Å². The van der Waals surface area contributed by atoms with Crippen LogP contribution in [-0.2, 0) is 24.8 Å². The number of rotatable bonds is 4. The largest absolute Gasteiger partial charge is 0.444 e. The predicted molar refractivity (Wildman–Crippen MR) is 97.1 cm³/mol. The zero-order valence-electron chi connectivity index (χ0n) is 16.5. The number of hydrogen-bond acceptors (Lipinski definition) is 4. The second kappa shape index (κ2) is 8.04. The number of carbonyl (C=O) groups is 1. The van der Waals surface area contributed by atoms with Gasteiger partial charge in [-0.25, -0.2) is 4.79 Å². The molecule has 1 aromatic rings. The van der Waals surface area contributed by atoms with Crippen LogP contribution in [0.1, 0.15) is 52.0 Å². The van der Waals surface area contributed by atoms with Crippen molar-refractivity contribution in [2.45, 2.75) is 53.2 Å². The average Bonchev–Trinajstić information content (AvgIpc) is 2.83. The molecule has 0 aromatic carbocycles. The first-order valence-corrected chi connectivity index (χ1v) is 9.08. The van der Waals surface area contributed by atoms with Gasteiger partial charge in [0.1, 0.15) is 19.2 Å². The normalized spacial score (nSPS) is 16.6. The van der Waals surface area contributed by atoms with E-state index in [4.69, 9.17) is 9.15 Å². The highest BCUT2D eigenvalue weighted by Gasteiger charge is 2.29.